The summed E-state index contributed by atoms with van der Waals surface area (Å²) in [6, 6.07) is 4.79. The lowest BCUT2D eigenvalue weighted by molar-refractivity contribution is -0.212. The fraction of sp³-hybridized carbons (Fsp3) is 0.391. The van der Waals surface area contributed by atoms with Crippen LogP contribution < -0.4 is 0 Å². The number of halogens is 1. The Morgan fingerprint density at radius 2 is 1.89 bits per heavy atom. The minimum atomic E-state index is -1.02. The van der Waals surface area contributed by atoms with Crippen LogP contribution in [0.3, 0.4) is 0 Å². The molecule has 5 atom stereocenters. The lowest BCUT2D eigenvalue weighted by atomic mass is 9.96. The molecule has 0 unspecified atom stereocenters. The second-order valence-corrected chi connectivity index (χ2v) is 11.0. The van der Waals surface area contributed by atoms with Crippen molar-refractivity contribution in [3.63, 3.8) is 0 Å². The first-order valence-corrected chi connectivity index (χ1v) is 13.6. The molecule has 3 aromatic heterocycles. The van der Waals surface area contributed by atoms with Gasteiger partial charge in [0.15, 0.2) is 12.2 Å². The highest BCUT2D eigenvalue weighted by Gasteiger charge is 2.52. The molecule has 1 saturated heterocycles. The zero-order valence-electron chi connectivity index (χ0n) is 20.0. The van der Waals surface area contributed by atoms with Gasteiger partial charge in [0.2, 0.25) is 0 Å². The molecule has 3 aromatic rings. The van der Waals surface area contributed by atoms with Gasteiger partial charge in [0, 0.05) is 42.5 Å². The van der Waals surface area contributed by atoms with Gasteiger partial charge in [0.1, 0.15) is 29.9 Å². The van der Waals surface area contributed by atoms with Gasteiger partial charge in [-0.1, -0.05) is 23.0 Å². The summed E-state index contributed by atoms with van der Waals surface area (Å²) in [5, 5.41) is 10.5. The van der Waals surface area contributed by atoms with E-state index in [-0.39, 0.29) is 6.61 Å². The molecule has 1 fully saturated rings. The number of rotatable bonds is 8. The standard InChI is InChI=1S/C23H23BrN4O7S2/c1-12(29)32-11-18-21(33-13(2)30)20(28-10-17(26-27-28)19-5-4-6-36-19)22(34-14(3)31)23(35-18)37-16-7-15(24)8-25-9-16/h4-10,18,20-23H,11H2,1-3H3/t18-,20+,21+,22-,23-/m1/s1. The van der Waals surface area contributed by atoms with Crippen LogP contribution in [0, 0.1) is 0 Å². The van der Waals surface area contributed by atoms with Crippen molar-refractivity contribution in [1.29, 1.82) is 0 Å². The molecule has 11 nitrogen and oxygen atoms in total. The van der Waals surface area contributed by atoms with Crippen LogP contribution >= 0.6 is 39.0 Å². The molecule has 1 aliphatic rings. The van der Waals surface area contributed by atoms with E-state index in [1.165, 1.54) is 48.6 Å². The molecule has 14 heteroatoms. The van der Waals surface area contributed by atoms with Crippen molar-refractivity contribution in [3.8, 4) is 10.6 Å². The van der Waals surface area contributed by atoms with E-state index in [0.29, 0.717) is 5.69 Å². The number of esters is 3. The van der Waals surface area contributed by atoms with Crippen LogP contribution in [0.25, 0.3) is 10.6 Å². The topological polar surface area (TPSA) is 132 Å². The average Bonchev–Trinajstić information content (AvgIpc) is 3.51. The molecule has 0 aromatic carbocycles. The van der Waals surface area contributed by atoms with Crippen molar-refractivity contribution in [2.75, 3.05) is 6.61 Å². The van der Waals surface area contributed by atoms with Crippen molar-refractivity contribution in [3.05, 3.63) is 46.6 Å². The number of ether oxygens (including phenoxy) is 4. The van der Waals surface area contributed by atoms with E-state index in [1.54, 1.807) is 18.6 Å². The third kappa shape index (κ3) is 6.94. The third-order valence-electron chi connectivity index (χ3n) is 5.19. The molecule has 0 bridgehead atoms. The average molecular weight is 611 g/mol. The molecule has 1 aliphatic heterocycles. The maximum absolute atomic E-state index is 12.2. The fourth-order valence-corrected chi connectivity index (χ4v) is 6.15. The molecular formula is C23H23BrN4O7S2. The van der Waals surface area contributed by atoms with Crippen LogP contribution in [0.15, 0.2) is 51.5 Å². The Labute approximate surface area is 229 Å². The highest BCUT2D eigenvalue weighted by atomic mass is 79.9. The Bertz CT molecular complexity index is 1260. The first-order valence-electron chi connectivity index (χ1n) is 11.1. The zero-order valence-corrected chi connectivity index (χ0v) is 23.2. The monoisotopic (exact) mass is 610 g/mol. The highest BCUT2D eigenvalue weighted by Crippen LogP contribution is 2.41. The Balaban J connectivity index is 1.78. The van der Waals surface area contributed by atoms with Crippen molar-refractivity contribution >= 4 is 56.9 Å². The van der Waals surface area contributed by atoms with Gasteiger partial charge < -0.3 is 18.9 Å². The summed E-state index contributed by atoms with van der Waals surface area (Å²) in [4.78, 5) is 41.8. The first-order chi connectivity index (χ1) is 17.7. The van der Waals surface area contributed by atoms with Crippen LogP contribution in [0.4, 0.5) is 0 Å². The van der Waals surface area contributed by atoms with Gasteiger partial charge >= 0.3 is 17.9 Å². The number of hydrogen-bond donors (Lipinski definition) is 0. The summed E-state index contributed by atoms with van der Waals surface area (Å²) in [5.74, 6) is -1.67. The van der Waals surface area contributed by atoms with Crippen LogP contribution in [0.1, 0.15) is 26.8 Å². The number of nitrogens with zero attached hydrogens (tertiary/aromatic N) is 4. The molecule has 0 spiro atoms. The van der Waals surface area contributed by atoms with E-state index < -0.39 is 47.7 Å². The molecule has 196 valence electrons. The number of carbonyl (C=O) groups excluding carboxylic acids is 3. The van der Waals surface area contributed by atoms with Gasteiger partial charge in [0.25, 0.3) is 0 Å². The van der Waals surface area contributed by atoms with E-state index in [2.05, 4.69) is 31.2 Å². The predicted molar refractivity (Wildman–Crippen MR) is 137 cm³/mol. The van der Waals surface area contributed by atoms with Crippen LogP contribution in [-0.4, -0.2) is 68.2 Å². The quantitative estimate of drug-likeness (QED) is 0.273. The molecule has 4 heterocycles. The third-order valence-corrected chi connectivity index (χ3v) is 7.63. The van der Waals surface area contributed by atoms with Gasteiger partial charge in [-0.05, 0) is 33.4 Å². The molecule has 0 aliphatic carbocycles. The number of aromatic nitrogens is 4. The fourth-order valence-electron chi connectivity index (χ4n) is 3.83. The Kier molecular flexibility index (Phi) is 8.95. The van der Waals surface area contributed by atoms with Crippen LogP contribution in [0.5, 0.6) is 0 Å². The molecular weight excluding hydrogens is 588 g/mol. The predicted octanol–water partition coefficient (Wildman–Crippen LogP) is 3.65. The summed E-state index contributed by atoms with van der Waals surface area (Å²) in [5.41, 5.74) is -0.201. The van der Waals surface area contributed by atoms with Gasteiger partial charge in [0.05, 0.1) is 11.1 Å². The number of thioether (sulfide) groups is 1. The van der Waals surface area contributed by atoms with Gasteiger partial charge in [-0.2, -0.15) is 0 Å². The van der Waals surface area contributed by atoms with Crippen molar-refractivity contribution in [2.45, 2.75) is 55.5 Å². The molecule has 0 N–H and O–H groups in total. The number of thiophene rings is 1. The smallest absolute Gasteiger partial charge is 0.303 e. The van der Waals surface area contributed by atoms with E-state index in [0.717, 1.165) is 14.2 Å². The second kappa shape index (κ2) is 12.2. The number of hydrogen-bond acceptors (Lipinski definition) is 12. The van der Waals surface area contributed by atoms with E-state index in [1.807, 2.05) is 23.6 Å². The second-order valence-electron chi connectivity index (χ2n) is 8.00. The van der Waals surface area contributed by atoms with Gasteiger partial charge in [-0.15, -0.1) is 16.4 Å². The molecule has 0 amide bonds. The highest BCUT2D eigenvalue weighted by molar-refractivity contribution is 9.10. The van der Waals surface area contributed by atoms with Crippen molar-refractivity contribution in [2.24, 2.45) is 0 Å². The van der Waals surface area contributed by atoms with Crippen molar-refractivity contribution < 1.29 is 33.3 Å². The maximum atomic E-state index is 12.2. The normalized spacial score (nSPS) is 23.3. The zero-order chi connectivity index (χ0) is 26.5. The van der Waals surface area contributed by atoms with Crippen LogP contribution in [-0.2, 0) is 33.3 Å². The maximum Gasteiger partial charge on any atom is 0.303 e. The summed E-state index contributed by atoms with van der Waals surface area (Å²) < 4.78 is 25.2. The first kappa shape index (κ1) is 27.2. The minimum Gasteiger partial charge on any atom is -0.463 e. The minimum absolute atomic E-state index is 0.198. The Morgan fingerprint density at radius 1 is 1.14 bits per heavy atom. The molecule has 0 saturated carbocycles. The molecule has 0 radical (unpaired) electrons. The SMILES string of the molecule is CC(=O)OC[C@H]1O[C@H](Sc2cncc(Br)c2)[C@H](OC(C)=O)[C@@H](n2cc(-c3cccs3)nn2)[C@H]1OC(C)=O. The number of pyridine rings is 1. The van der Waals surface area contributed by atoms with E-state index >= 15 is 0 Å². The van der Waals surface area contributed by atoms with Gasteiger partial charge in [-0.3, -0.25) is 19.4 Å². The largest absolute Gasteiger partial charge is 0.463 e. The summed E-state index contributed by atoms with van der Waals surface area (Å²) in [6.07, 6.45) is 2.10. The summed E-state index contributed by atoms with van der Waals surface area (Å²) >= 11 is 6.15. The van der Waals surface area contributed by atoms with Crippen LogP contribution in [0.2, 0.25) is 0 Å². The summed E-state index contributed by atoms with van der Waals surface area (Å²) in [7, 11) is 0. The van der Waals surface area contributed by atoms with Gasteiger partial charge in [-0.25, -0.2) is 4.68 Å². The lowest BCUT2D eigenvalue weighted by Gasteiger charge is -2.44. The van der Waals surface area contributed by atoms with E-state index in [9.17, 15) is 14.4 Å². The number of carbonyl (C=O) groups is 3. The molecule has 37 heavy (non-hydrogen) atoms. The lowest BCUT2D eigenvalue weighted by Crippen LogP contribution is -2.57. The molecule has 4 rings (SSSR count). The Hall–Kier alpha value is -2.81. The van der Waals surface area contributed by atoms with E-state index in [4.69, 9.17) is 18.9 Å². The summed E-state index contributed by atoms with van der Waals surface area (Å²) in [6.45, 7) is 3.61. The Morgan fingerprint density at radius 3 is 2.54 bits per heavy atom. The van der Waals surface area contributed by atoms with Crippen molar-refractivity contribution in [1.82, 2.24) is 20.0 Å².